The Morgan fingerprint density at radius 1 is 1.22 bits per heavy atom. The molecule has 1 atom stereocenters. The minimum Gasteiger partial charge on any atom is -0.355 e. The third kappa shape index (κ3) is 4.40. The highest BCUT2D eigenvalue weighted by molar-refractivity contribution is 8.00. The maximum Gasteiger partial charge on any atom is 0.233 e. The van der Waals surface area contributed by atoms with Crippen molar-refractivity contribution in [2.45, 2.75) is 57.5 Å². The van der Waals surface area contributed by atoms with Crippen LogP contribution in [0.25, 0.3) is 22.1 Å². The van der Waals surface area contributed by atoms with Crippen LogP contribution in [-0.2, 0) is 11.3 Å². The van der Waals surface area contributed by atoms with Crippen molar-refractivity contribution in [1.82, 2.24) is 25.1 Å². The van der Waals surface area contributed by atoms with Gasteiger partial charge in [-0.05, 0) is 31.7 Å². The molecule has 0 radical (unpaired) electrons. The van der Waals surface area contributed by atoms with Crippen LogP contribution in [0.3, 0.4) is 0 Å². The molecule has 0 aliphatic heterocycles. The Bertz CT molecular complexity index is 937. The van der Waals surface area contributed by atoms with E-state index in [2.05, 4.69) is 53.0 Å². The van der Waals surface area contributed by atoms with Crippen LogP contribution in [-0.4, -0.2) is 37.5 Å². The second-order valence-corrected chi connectivity index (χ2v) is 8.48. The van der Waals surface area contributed by atoms with Crippen LogP contribution < -0.4 is 5.32 Å². The number of benzene rings is 1. The predicted molar refractivity (Wildman–Crippen MR) is 111 cm³/mol. The first-order valence-corrected chi connectivity index (χ1v) is 10.4. The molecule has 0 saturated heterocycles. The van der Waals surface area contributed by atoms with Gasteiger partial charge >= 0.3 is 0 Å². The summed E-state index contributed by atoms with van der Waals surface area (Å²) in [5.74, 6) is 0.585. The number of aryl methyl sites for hydroxylation is 1. The normalized spacial score (nSPS) is 12.8. The van der Waals surface area contributed by atoms with Gasteiger partial charge in [0.1, 0.15) is 5.52 Å². The number of nitrogens with one attached hydrogen (secondary N) is 1. The van der Waals surface area contributed by atoms with E-state index >= 15 is 0 Å². The average Bonchev–Trinajstić information content (AvgIpc) is 2.95. The number of hydrogen-bond donors (Lipinski definition) is 1. The van der Waals surface area contributed by atoms with Gasteiger partial charge in [-0.25, -0.2) is 4.98 Å². The lowest BCUT2D eigenvalue weighted by Crippen LogP contribution is -2.32. The van der Waals surface area contributed by atoms with Crippen molar-refractivity contribution < 1.29 is 4.79 Å². The number of amides is 1. The molecule has 1 aromatic carbocycles. The molecule has 27 heavy (non-hydrogen) atoms. The van der Waals surface area contributed by atoms with Crippen molar-refractivity contribution >= 4 is 39.7 Å². The van der Waals surface area contributed by atoms with Gasteiger partial charge in [-0.15, -0.1) is 10.2 Å². The van der Waals surface area contributed by atoms with E-state index in [4.69, 9.17) is 4.98 Å². The molecule has 0 aliphatic carbocycles. The topological polar surface area (TPSA) is 72.7 Å². The predicted octanol–water partition coefficient (Wildman–Crippen LogP) is 4.03. The third-order valence-corrected chi connectivity index (χ3v) is 5.43. The Balaban J connectivity index is 1.82. The summed E-state index contributed by atoms with van der Waals surface area (Å²) in [6.45, 7) is 9.89. The van der Waals surface area contributed by atoms with Gasteiger partial charge in [0, 0.05) is 18.5 Å². The summed E-state index contributed by atoms with van der Waals surface area (Å²) in [6.07, 6.45) is 1.99. The fourth-order valence-corrected chi connectivity index (χ4v) is 3.76. The fraction of sp³-hybridized carbons (Fsp3) is 0.500. The highest BCUT2D eigenvalue weighted by Gasteiger charge is 2.19. The largest absolute Gasteiger partial charge is 0.355 e. The lowest BCUT2D eigenvalue weighted by molar-refractivity contribution is -0.120. The Hall–Kier alpha value is -2.15. The lowest BCUT2D eigenvalue weighted by Gasteiger charge is -2.12. The Labute approximate surface area is 164 Å². The number of thioether (sulfide) groups is 1. The number of carbonyl (C=O) groups is 1. The van der Waals surface area contributed by atoms with Gasteiger partial charge in [0.2, 0.25) is 11.1 Å². The zero-order valence-corrected chi connectivity index (χ0v) is 17.2. The quantitative estimate of drug-likeness (QED) is 0.593. The van der Waals surface area contributed by atoms with Gasteiger partial charge in [0.15, 0.2) is 5.65 Å². The van der Waals surface area contributed by atoms with Crippen LogP contribution >= 0.6 is 11.8 Å². The monoisotopic (exact) mass is 385 g/mol. The van der Waals surface area contributed by atoms with Crippen molar-refractivity contribution in [2.24, 2.45) is 5.92 Å². The molecule has 0 aliphatic rings. The third-order valence-electron chi connectivity index (χ3n) is 4.47. The average molecular weight is 386 g/mol. The number of hydrogen-bond acceptors (Lipinski definition) is 5. The van der Waals surface area contributed by atoms with Gasteiger partial charge in [0.25, 0.3) is 0 Å². The summed E-state index contributed by atoms with van der Waals surface area (Å²) in [4.78, 5) is 17.0. The minimum absolute atomic E-state index is 0.0125. The lowest BCUT2D eigenvalue weighted by atomic mass is 10.1. The van der Waals surface area contributed by atoms with Crippen molar-refractivity contribution in [3.63, 3.8) is 0 Å². The molecule has 144 valence electrons. The van der Waals surface area contributed by atoms with Gasteiger partial charge in [-0.2, -0.15) is 0 Å². The van der Waals surface area contributed by atoms with E-state index in [9.17, 15) is 4.79 Å². The summed E-state index contributed by atoms with van der Waals surface area (Å²) in [6, 6.07) is 8.18. The summed E-state index contributed by atoms with van der Waals surface area (Å²) in [7, 11) is 0. The van der Waals surface area contributed by atoms with Crippen molar-refractivity contribution in [2.75, 3.05) is 6.54 Å². The van der Waals surface area contributed by atoms with Crippen LogP contribution in [0, 0.1) is 5.92 Å². The summed E-state index contributed by atoms with van der Waals surface area (Å²) in [5, 5.41) is 13.0. The van der Waals surface area contributed by atoms with E-state index in [1.807, 2.05) is 19.1 Å². The Kier molecular flexibility index (Phi) is 6.31. The minimum atomic E-state index is -0.264. The molecule has 3 rings (SSSR count). The molecule has 6 nitrogen and oxygen atoms in total. The standard InChI is InChI=1S/C20H27N5OS/c1-5-12-25-16-9-7-6-8-15(16)17-18(25)22-20(24-23-17)27-14(4)19(26)21-11-10-13(2)3/h6-9,13-14H,5,10-12H2,1-4H3,(H,21,26). The summed E-state index contributed by atoms with van der Waals surface area (Å²) in [5.41, 5.74) is 2.78. The van der Waals surface area contributed by atoms with E-state index in [-0.39, 0.29) is 11.2 Å². The first-order chi connectivity index (χ1) is 13.0. The molecule has 0 bridgehead atoms. The number of carbonyl (C=O) groups excluding carboxylic acids is 1. The SMILES string of the molecule is CCCn1c2ccccc2c2nnc(SC(C)C(=O)NCCC(C)C)nc21. The zero-order valence-electron chi connectivity index (χ0n) is 16.4. The Morgan fingerprint density at radius 2 is 2.00 bits per heavy atom. The van der Waals surface area contributed by atoms with Crippen LogP contribution in [0.4, 0.5) is 0 Å². The molecule has 2 heterocycles. The molecule has 3 aromatic rings. The molecule has 1 unspecified atom stereocenters. The molecular weight excluding hydrogens is 358 g/mol. The van der Waals surface area contributed by atoms with Gasteiger partial charge in [0.05, 0.1) is 10.8 Å². The van der Waals surface area contributed by atoms with Crippen LogP contribution in [0.1, 0.15) is 40.5 Å². The number of aromatic nitrogens is 4. The fourth-order valence-electron chi connectivity index (χ4n) is 3.03. The number of fused-ring (bicyclic) bond motifs is 3. The molecule has 1 N–H and O–H groups in total. The molecule has 0 spiro atoms. The summed E-state index contributed by atoms with van der Waals surface area (Å²) < 4.78 is 2.19. The second-order valence-electron chi connectivity index (χ2n) is 7.17. The van der Waals surface area contributed by atoms with Gasteiger partial charge < -0.3 is 9.88 Å². The van der Waals surface area contributed by atoms with Crippen LogP contribution in [0.15, 0.2) is 29.4 Å². The second kappa shape index (κ2) is 8.69. The van der Waals surface area contributed by atoms with Crippen molar-refractivity contribution in [3.05, 3.63) is 24.3 Å². The van der Waals surface area contributed by atoms with E-state index < -0.39 is 0 Å². The highest BCUT2D eigenvalue weighted by atomic mass is 32.2. The number of para-hydroxylation sites is 1. The molecule has 1 amide bonds. The van der Waals surface area contributed by atoms with Crippen LogP contribution in [0.5, 0.6) is 0 Å². The first-order valence-electron chi connectivity index (χ1n) is 9.57. The van der Waals surface area contributed by atoms with Crippen LogP contribution in [0.2, 0.25) is 0 Å². The number of nitrogens with zero attached hydrogens (tertiary/aromatic N) is 4. The van der Waals surface area contributed by atoms with Crippen molar-refractivity contribution in [1.29, 1.82) is 0 Å². The molecule has 2 aromatic heterocycles. The van der Waals surface area contributed by atoms with E-state index in [0.717, 1.165) is 41.5 Å². The van der Waals surface area contributed by atoms with Gasteiger partial charge in [-0.1, -0.05) is 50.7 Å². The van der Waals surface area contributed by atoms with E-state index in [1.165, 1.54) is 11.8 Å². The zero-order chi connectivity index (χ0) is 19.4. The van der Waals surface area contributed by atoms with E-state index in [1.54, 1.807) is 0 Å². The van der Waals surface area contributed by atoms with Crippen molar-refractivity contribution in [3.8, 4) is 0 Å². The van der Waals surface area contributed by atoms with Gasteiger partial charge in [-0.3, -0.25) is 4.79 Å². The molecule has 0 saturated carbocycles. The first kappa shape index (κ1) is 19.6. The molecule has 7 heteroatoms. The molecule has 0 fully saturated rings. The van der Waals surface area contributed by atoms with E-state index in [0.29, 0.717) is 17.6 Å². The Morgan fingerprint density at radius 3 is 2.74 bits per heavy atom. The number of rotatable bonds is 8. The highest BCUT2D eigenvalue weighted by Crippen LogP contribution is 2.28. The summed E-state index contributed by atoms with van der Waals surface area (Å²) >= 11 is 1.35. The smallest absolute Gasteiger partial charge is 0.233 e. The maximum atomic E-state index is 12.3. The maximum absolute atomic E-state index is 12.3. The molecular formula is C20H27N5OS.